The second-order valence-electron chi connectivity index (χ2n) is 5.12. The Morgan fingerprint density at radius 3 is 3.00 bits per heavy atom. The first-order valence-electron chi connectivity index (χ1n) is 6.84. The Bertz CT molecular complexity index is 684. The fourth-order valence-electron chi connectivity index (χ4n) is 2.83. The predicted octanol–water partition coefficient (Wildman–Crippen LogP) is 2.66. The molecular weight excluding hydrogens is 250 g/mol. The van der Waals surface area contributed by atoms with Crippen LogP contribution < -0.4 is 5.32 Å². The van der Waals surface area contributed by atoms with Crippen LogP contribution in [0, 0.1) is 17.2 Å². The van der Waals surface area contributed by atoms with E-state index in [4.69, 9.17) is 5.26 Å². The summed E-state index contributed by atoms with van der Waals surface area (Å²) in [5.41, 5.74) is 1.43. The molecule has 4 nitrogen and oxygen atoms in total. The lowest BCUT2D eigenvalue weighted by atomic mass is 10.0. The van der Waals surface area contributed by atoms with Crippen molar-refractivity contribution in [1.82, 2.24) is 10.3 Å². The lowest BCUT2D eigenvalue weighted by molar-refractivity contribution is 0.0934. The number of amides is 1. The summed E-state index contributed by atoms with van der Waals surface area (Å²) in [6.07, 6.45) is 4.40. The average Bonchev–Trinajstić information content (AvgIpc) is 2.93. The third-order valence-electron chi connectivity index (χ3n) is 3.89. The molecule has 0 saturated heterocycles. The van der Waals surface area contributed by atoms with Gasteiger partial charge in [0, 0.05) is 17.6 Å². The minimum Gasteiger partial charge on any atom is -0.348 e. The summed E-state index contributed by atoms with van der Waals surface area (Å²) in [6.45, 7) is 0. The van der Waals surface area contributed by atoms with Gasteiger partial charge in [0.15, 0.2) is 0 Å². The first kappa shape index (κ1) is 12.6. The van der Waals surface area contributed by atoms with Crippen molar-refractivity contribution in [1.29, 1.82) is 5.26 Å². The number of pyridine rings is 1. The number of nitriles is 1. The van der Waals surface area contributed by atoms with Gasteiger partial charge < -0.3 is 5.32 Å². The maximum absolute atomic E-state index is 12.4. The SMILES string of the molecule is N#CC1CCCC1NC(=O)c1ccnc2ccccc12. The molecular formula is C16H15N3O. The van der Waals surface area contributed by atoms with Gasteiger partial charge in [-0.15, -0.1) is 0 Å². The lowest BCUT2D eigenvalue weighted by Crippen LogP contribution is -2.37. The largest absolute Gasteiger partial charge is 0.348 e. The van der Waals surface area contributed by atoms with Gasteiger partial charge in [-0.1, -0.05) is 18.2 Å². The molecule has 1 N–H and O–H groups in total. The van der Waals surface area contributed by atoms with Crippen molar-refractivity contribution in [2.24, 2.45) is 5.92 Å². The van der Waals surface area contributed by atoms with Crippen molar-refractivity contribution in [3.63, 3.8) is 0 Å². The van der Waals surface area contributed by atoms with E-state index in [1.54, 1.807) is 12.3 Å². The molecule has 1 saturated carbocycles. The first-order valence-corrected chi connectivity index (χ1v) is 6.84. The smallest absolute Gasteiger partial charge is 0.252 e. The van der Waals surface area contributed by atoms with E-state index >= 15 is 0 Å². The van der Waals surface area contributed by atoms with Gasteiger partial charge in [0.05, 0.1) is 23.1 Å². The van der Waals surface area contributed by atoms with Crippen LogP contribution in [0.15, 0.2) is 36.5 Å². The molecule has 20 heavy (non-hydrogen) atoms. The van der Waals surface area contributed by atoms with Crippen molar-refractivity contribution < 1.29 is 4.79 Å². The van der Waals surface area contributed by atoms with Crippen LogP contribution in [0.25, 0.3) is 10.9 Å². The van der Waals surface area contributed by atoms with Gasteiger partial charge in [0.2, 0.25) is 0 Å². The van der Waals surface area contributed by atoms with E-state index in [1.807, 2.05) is 24.3 Å². The van der Waals surface area contributed by atoms with Crippen LogP contribution >= 0.6 is 0 Å². The third kappa shape index (κ3) is 2.23. The summed E-state index contributed by atoms with van der Waals surface area (Å²) in [7, 11) is 0. The minimum atomic E-state index is -0.115. The van der Waals surface area contributed by atoms with Crippen LogP contribution in [0.3, 0.4) is 0 Å². The highest BCUT2D eigenvalue weighted by Gasteiger charge is 2.28. The van der Waals surface area contributed by atoms with Gasteiger partial charge >= 0.3 is 0 Å². The molecule has 2 atom stereocenters. The van der Waals surface area contributed by atoms with E-state index in [1.165, 1.54) is 0 Å². The van der Waals surface area contributed by atoms with E-state index in [-0.39, 0.29) is 17.9 Å². The summed E-state index contributed by atoms with van der Waals surface area (Å²) in [6, 6.07) is 11.6. The Kier molecular flexibility index (Phi) is 3.34. The van der Waals surface area contributed by atoms with Crippen LogP contribution in [0.2, 0.25) is 0 Å². The monoisotopic (exact) mass is 265 g/mol. The number of benzene rings is 1. The molecule has 1 aromatic carbocycles. The number of hydrogen-bond donors (Lipinski definition) is 1. The summed E-state index contributed by atoms with van der Waals surface area (Å²) in [4.78, 5) is 16.7. The second-order valence-corrected chi connectivity index (χ2v) is 5.12. The summed E-state index contributed by atoms with van der Waals surface area (Å²) >= 11 is 0. The van der Waals surface area contributed by atoms with E-state index in [0.29, 0.717) is 5.56 Å². The van der Waals surface area contributed by atoms with Gasteiger partial charge in [-0.3, -0.25) is 9.78 Å². The van der Waals surface area contributed by atoms with Crippen LogP contribution in [0.5, 0.6) is 0 Å². The van der Waals surface area contributed by atoms with Gasteiger partial charge in [0.1, 0.15) is 0 Å². The maximum atomic E-state index is 12.4. The van der Waals surface area contributed by atoms with E-state index in [0.717, 1.165) is 30.2 Å². The second kappa shape index (κ2) is 5.30. The standard InChI is InChI=1S/C16H15N3O/c17-10-11-4-3-7-14(11)19-16(20)13-8-9-18-15-6-2-1-5-12(13)15/h1-2,5-6,8-9,11,14H,3-4,7H2,(H,19,20). The highest BCUT2D eigenvalue weighted by molar-refractivity contribution is 6.06. The quantitative estimate of drug-likeness (QED) is 0.907. The first-order chi connectivity index (χ1) is 9.79. The number of rotatable bonds is 2. The molecule has 0 aliphatic heterocycles. The topological polar surface area (TPSA) is 65.8 Å². The van der Waals surface area contributed by atoms with Crippen LogP contribution in [-0.2, 0) is 0 Å². The van der Waals surface area contributed by atoms with Gasteiger partial charge in [0.25, 0.3) is 5.91 Å². The van der Waals surface area contributed by atoms with E-state index in [9.17, 15) is 4.79 Å². The molecule has 4 heteroatoms. The number of hydrogen-bond acceptors (Lipinski definition) is 3. The van der Waals surface area contributed by atoms with Crippen molar-refractivity contribution >= 4 is 16.8 Å². The number of fused-ring (bicyclic) bond motifs is 1. The third-order valence-corrected chi connectivity index (χ3v) is 3.89. The summed E-state index contributed by atoms with van der Waals surface area (Å²) in [5, 5.41) is 12.9. The number of carbonyl (C=O) groups is 1. The number of nitrogens with zero attached hydrogens (tertiary/aromatic N) is 2. The molecule has 3 rings (SSSR count). The molecule has 0 bridgehead atoms. The highest BCUT2D eigenvalue weighted by Crippen LogP contribution is 2.25. The van der Waals surface area contributed by atoms with Crippen molar-refractivity contribution in [3.05, 3.63) is 42.1 Å². The number of carbonyl (C=O) groups excluding carboxylic acids is 1. The van der Waals surface area contributed by atoms with Crippen LogP contribution in [-0.4, -0.2) is 16.9 Å². The molecule has 1 aliphatic carbocycles. The normalized spacial score (nSPS) is 21.6. The zero-order valence-corrected chi connectivity index (χ0v) is 11.0. The molecule has 100 valence electrons. The molecule has 0 radical (unpaired) electrons. The van der Waals surface area contributed by atoms with E-state index < -0.39 is 0 Å². The van der Waals surface area contributed by atoms with Crippen molar-refractivity contribution in [2.75, 3.05) is 0 Å². The van der Waals surface area contributed by atoms with E-state index in [2.05, 4.69) is 16.4 Å². The Balaban J connectivity index is 1.88. The van der Waals surface area contributed by atoms with Gasteiger partial charge in [-0.05, 0) is 31.4 Å². The summed E-state index contributed by atoms with van der Waals surface area (Å²) in [5.74, 6) is -0.178. The predicted molar refractivity (Wildman–Crippen MR) is 76.0 cm³/mol. The molecule has 2 unspecified atom stereocenters. The highest BCUT2D eigenvalue weighted by atomic mass is 16.1. The van der Waals surface area contributed by atoms with Gasteiger partial charge in [-0.25, -0.2) is 0 Å². The fraction of sp³-hybridized carbons (Fsp3) is 0.312. The Morgan fingerprint density at radius 2 is 2.15 bits per heavy atom. The van der Waals surface area contributed by atoms with Gasteiger partial charge in [-0.2, -0.15) is 5.26 Å². The van der Waals surface area contributed by atoms with Crippen LogP contribution in [0.4, 0.5) is 0 Å². The fourth-order valence-corrected chi connectivity index (χ4v) is 2.83. The maximum Gasteiger partial charge on any atom is 0.252 e. The molecule has 1 aliphatic rings. The minimum absolute atomic E-state index is 0.0283. The Morgan fingerprint density at radius 1 is 1.30 bits per heavy atom. The average molecular weight is 265 g/mol. The molecule has 1 amide bonds. The van der Waals surface area contributed by atoms with Crippen LogP contribution in [0.1, 0.15) is 29.6 Å². The Labute approximate surface area is 117 Å². The number of para-hydroxylation sites is 1. The molecule has 1 heterocycles. The van der Waals surface area contributed by atoms with Crippen molar-refractivity contribution in [2.45, 2.75) is 25.3 Å². The van der Waals surface area contributed by atoms with Crippen molar-refractivity contribution in [3.8, 4) is 6.07 Å². The number of aromatic nitrogens is 1. The number of nitrogens with one attached hydrogen (secondary N) is 1. The molecule has 1 fully saturated rings. The zero-order chi connectivity index (χ0) is 13.9. The zero-order valence-electron chi connectivity index (χ0n) is 11.0. The molecule has 2 aromatic rings. The molecule has 0 spiro atoms. The lowest BCUT2D eigenvalue weighted by Gasteiger charge is -2.16. The summed E-state index contributed by atoms with van der Waals surface area (Å²) < 4.78 is 0. The molecule has 1 aromatic heterocycles. The Hall–Kier alpha value is -2.41.